The number of benzene rings is 1. The van der Waals surface area contributed by atoms with Crippen LogP contribution in [0.1, 0.15) is 33.1 Å². The number of aromatic nitrogens is 2. The van der Waals surface area contributed by atoms with Crippen LogP contribution in [0.25, 0.3) is 0 Å². The summed E-state index contributed by atoms with van der Waals surface area (Å²) in [6.07, 6.45) is 0. The molecule has 116 valence electrons. The van der Waals surface area contributed by atoms with E-state index in [9.17, 15) is 9.59 Å². The van der Waals surface area contributed by atoms with Gasteiger partial charge in [-0.1, -0.05) is 12.1 Å². The van der Waals surface area contributed by atoms with Crippen molar-refractivity contribution in [3.63, 3.8) is 0 Å². The highest BCUT2D eigenvalue weighted by Crippen LogP contribution is 2.44. The first kappa shape index (κ1) is 13.6. The Kier molecular flexibility index (Phi) is 2.77. The van der Waals surface area contributed by atoms with Gasteiger partial charge in [-0.3, -0.25) is 5.10 Å². The van der Waals surface area contributed by atoms with Gasteiger partial charge in [0.2, 0.25) is 0 Å². The molecule has 2 aromatic rings. The van der Waals surface area contributed by atoms with E-state index in [-0.39, 0.29) is 24.1 Å². The SMILES string of the molecule is Cc1[nH]nc2c1[C@@H](c1ccc(C(=O)O)cc1)C1=C(COC1=O)N2. The van der Waals surface area contributed by atoms with Gasteiger partial charge < -0.3 is 15.2 Å². The van der Waals surface area contributed by atoms with Crippen LogP contribution in [0, 0.1) is 6.92 Å². The summed E-state index contributed by atoms with van der Waals surface area (Å²) in [5.74, 6) is -0.988. The summed E-state index contributed by atoms with van der Waals surface area (Å²) in [6.45, 7) is 2.08. The summed E-state index contributed by atoms with van der Waals surface area (Å²) in [5, 5.41) is 19.3. The minimum absolute atomic E-state index is 0.198. The van der Waals surface area contributed by atoms with Crippen molar-refractivity contribution < 1.29 is 19.4 Å². The van der Waals surface area contributed by atoms with Crippen LogP contribution >= 0.6 is 0 Å². The first-order chi connectivity index (χ1) is 11.1. The largest absolute Gasteiger partial charge is 0.478 e. The Hall–Kier alpha value is -3.09. The molecule has 0 radical (unpaired) electrons. The number of carboxylic acids is 1. The molecule has 2 aliphatic rings. The molecular formula is C16H13N3O4. The van der Waals surface area contributed by atoms with Crippen molar-refractivity contribution >= 4 is 17.8 Å². The maximum atomic E-state index is 12.2. The molecule has 0 spiro atoms. The van der Waals surface area contributed by atoms with Crippen molar-refractivity contribution in [3.05, 3.63) is 57.9 Å². The first-order valence-corrected chi connectivity index (χ1v) is 7.11. The number of carboxylic acid groups (broad SMARTS) is 1. The van der Waals surface area contributed by atoms with Gasteiger partial charge >= 0.3 is 11.9 Å². The van der Waals surface area contributed by atoms with Gasteiger partial charge in [0.25, 0.3) is 0 Å². The number of rotatable bonds is 2. The minimum Gasteiger partial charge on any atom is -0.478 e. The molecule has 3 heterocycles. The van der Waals surface area contributed by atoms with Crippen LogP contribution in [-0.4, -0.2) is 33.8 Å². The molecule has 0 bridgehead atoms. The van der Waals surface area contributed by atoms with E-state index >= 15 is 0 Å². The summed E-state index contributed by atoms with van der Waals surface area (Å²) >= 11 is 0. The molecule has 7 nitrogen and oxygen atoms in total. The van der Waals surface area contributed by atoms with Crippen molar-refractivity contribution in [2.45, 2.75) is 12.8 Å². The molecular weight excluding hydrogens is 298 g/mol. The molecule has 1 aromatic heterocycles. The lowest BCUT2D eigenvalue weighted by molar-refractivity contribution is -0.136. The smallest absolute Gasteiger partial charge is 0.337 e. The van der Waals surface area contributed by atoms with E-state index in [0.29, 0.717) is 17.1 Å². The Morgan fingerprint density at radius 2 is 2.09 bits per heavy atom. The van der Waals surface area contributed by atoms with Gasteiger partial charge in [-0.15, -0.1) is 0 Å². The number of anilines is 1. The molecule has 3 N–H and O–H groups in total. The Morgan fingerprint density at radius 3 is 2.78 bits per heavy atom. The maximum absolute atomic E-state index is 12.2. The lowest BCUT2D eigenvalue weighted by Crippen LogP contribution is -2.19. The third-order valence-corrected chi connectivity index (χ3v) is 4.22. The molecule has 1 atom stereocenters. The van der Waals surface area contributed by atoms with E-state index in [1.807, 2.05) is 6.92 Å². The van der Waals surface area contributed by atoms with E-state index < -0.39 is 5.97 Å². The molecule has 0 amide bonds. The lowest BCUT2D eigenvalue weighted by Gasteiger charge is -2.24. The molecule has 4 rings (SSSR count). The average molecular weight is 311 g/mol. The van der Waals surface area contributed by atoms with E-state index in [0.717, 1.165) is 16.8 Å². The molecule has 1 aromatic carbocycles. The number of ether oxygens (including phenoxy) is 1. The third-order valence-electron chi connectivity index (χ3n) is 4.22. The van der Waals surface area contributed by atoms with Gasteiger partial charge in [-0.2, -0.15) is 5.10 Å². The quantitative estimate of drug-likeness (QED) is 0.730. The lowest BCUT2D eigenvalue weighted by atomic mass is 9.82. The van der Waals surface area contributed by atoms with E-state index in [1.165, 1.54) is 12.1 Å². The number of H-pyrrole nitrogens is 1. The van der Waals surface area contributed by atoms with Crippen molar-refractivity contribution in [3.8, 4) is 0 Å². The van der Waals surface area contributed by atoms with Gasteiger partial charge in [0.1, 0.15) is 6.61 Å². The summed E-state index contributed by atoms with van der Waals surface area (Å²) in [6, 6.07) is 6.53. The van der Waals surface area contributed by atoms with Gasteiger partial charge in [0.05, 0.1) is 16.8 Å². The van der Waals surface area contributed by atoms with Crippen molar-refractivity contribution in [1.82, 2.24) is 10.2 Å². The molecule has 0 aliphatic carbocycles. The second-order valence-electron chi connectivity index (χ2n) is 5.56. The predicted molar refractivity (Wildman–Crippen MR) is 80.2 cm³/mol. The number of hydrogen-bond donors (Lipinski definition) is 3. The normalized spacial score (nSPS) is 19.0. The van der Waals surface area contributed by atoms with Crippen molar-refractivity contribution in [1.29, 1.82) is 0 Å². The second kappa shape index (κ2) is 4.70. The summed E-state index contributed by atoms with van der Waals surface area (Å²) in [4.78, 5) is 23.2. The number of carbonyl (C=O) groups is 2. The predicted octanol–water partition coefficient (Wildman–Crippen LogP) is 1.78. The number of nitrogens with zero attached hydrogens (tertiary/aromatic N) is 1. The fourth-order valence-corrected chi connectivity index (χ4v) is 3.14. The van der Waals surface area contributed by atoms with Crippen LogP contribution in [0.3, 0.4) is 0 Å². The van der Waals surface area contributed by atoms with Crippen LogP contribution in [0.5, 0.6) is 0 Å². The number of carbonyl (C=O) groups excluding carboxylic acids is 1. The molecule has 0 unspecified atom stereocenters. The Labute approximate surface area is 131 Å². The van der Waals surface area contributed by atoms with Gasteiger partial charge in [-0.25, -0.2) is 9.59 Å². The zero-order chi connectivity index (χ0) is 16.1. The highest BCUT2D eigenvalue weighted by Gasteiger charge is 2.40. The molecule has 0 fully saturated rings. The number of nitrogens with one attached hydrogen (secondary N) is 2. The zero-order valence-electron chi connectivity index (χ0n) is 12.2. The number of aryl methyl sites for hydroxylation is 1. The van der Waals surface area contributed by atoms with Crippen LogP contribution < -0.4 is 5.32 Å². The summed E-state index contributed by atoms with van der Waals surface area (Å²) < 4.78 is 5.15. The van der Waals surface area contributed by atoms with Gasteiger partial charge in [-0.05, 0) is 24.6 Å². The van der Waals surface area contributed by atoms with Gasteiger partial charge in [0.15, 0.2) is 5.82 Å². The number of aromatic carboxylic acids is 1. The molecule has 0 saturated carbocycles. The van der Waals surface area contributed by atoms with E-state index in [4.69, 9.17) is 9.84 Å². The third kappa shape index (κ3) is 1.93. The summed E-state index contributed by atoms with van der Waals surface area (Å²) in [7, 11) is 0. The fourth-order valence-electron chi connectivity index (χ4n) is 3.14. The highest BCUT2D eigenvalue weighted by atomic mass is 16.5. The number of aromatic amines is 1. The first-order valence-electron chi connectivity index (χ1n) is 7.11. The zero-order valence-corrected chi connectivity index (χ0v) is 12.2. The number of fused-ring (bicyclic) bond motifs is 1. The van der Waals surface area contributed by atoms with Crippen LogP contribution in [-0.2, 0) is 9.53 Å². The molecule has 7 heteroatoms. The number of esters is 1. The highest BCUT2D eigenvalue weighted by molar-refractivity contribution is 5.97. The molecule has 23 heavy (non-hydrogen) atoms. The Bertz CT molecular complexity index is 864. The van der Waals surface area contributed by atoms with Gasteiger partial charge in [0, 0.05) is 17.2 Å². The average Bonchev–Trinajstić information content (AvgIpc) is 3.10. The van der Waals surface area contributed by atoms with Crippen molar-refractivity contribution in [2.75, 3.05) is 11.9 Å². The number of cyclic esters (lactones) is 1. The van der Waals surface area contributed by atoms with E-state index in [1.54, 1.807) is 12.1 Å². The Morgan fingerprint density at radius 1 is 1.35 bits per heavy atom. The summed E-state index contributed by atoms with van der Waals surface area (Å²) in [5.41, 5.74) is 4.03. The van der Waals surface area contributed by atoms with E-state index in [2.05, 4.69) is 15.5 Å². The standard InChI is InChI=1S/C16H13N3O4/c1-7-11-12(8-2-4-9(5-3-8)15(20)21)13-10(6-23-16(13)22)17-14(11)19-18-7/h2-5,12H,6H2,1H3,(H,20,21)(H2,17,18,19)/t12-/m1/s1. The van der Waals surface area contributed by atoms with Crippen LogP contribution in [0.4, 0.5) is 5.82 Å². The minimum atomic E-state index is -0.984. The van der Waals surface area contributed by atoms with Crippen LogP contribution in [0.15, 0.2) is 35.5 Å². The topological polar surface area (TPSA) is 104 Å². The molecule has 2 aliphatic heterocycles. The van der Waals surface area contributed by atoms with Crippen LogP contribution in [0.2, 0.25) is 0 Å². The Balaban J connectivity index is 1.88. The second-order valence-corrected chi connectivity index (χ2v) is 5.56. The fraction of sp³-hybridized carbons (Fsp3) is 0.188. The monoisotopic (exact) mass is 311 g/mol. The molecule has 0 saturated heterocycles. The number of hydrogen-bond acceptors (Lipinski definition) is 5. The maximum Gasteiger partial charge on any atom is 0.337 e. The van der Waals surface area contributed by atoms with Crippen molar-refractivity contribution in [2.24, 2.45) is 0 Å².